The molecule has 0 bridgehead atoms. The van der Waals surface area contributed by atoms with E-state index in [1.807, 2.05) is 48.5 Å². The molecule has 29 heavy (non-hydrogen) atoms. The van der Waals surface area contributed by atoms with Crippen LogP contribution < -0.4 is 10.9 Å². The number of hydrogen-bond acceptors (Lipinski definition) is 5. The molecule has 0 saturated carbocycles. The van der Waals surface area contributed by atoms with Gasteiger partial charge in [0.05, 0.1) is 12.4 Å². The highest BCUT2D eigenvalue weighted by molar-refractivity contribution is 9.10. The second kappa shape index (κ2) is 9.94. The largest absolute Gasteiger partial charge is 0.446 e. The highest BCUT2D eigenvalue weighted by atomic mass is 79.9. The van der Waals surface area contributed by atoms with Gasteiger partial charge < -0.3 is 4.42 Å². The minimum atomic E-state index is -0.576. The van der Waals surface area contributed by atoms with E-state index in [9.17, 15) is 9.59 Å². The molecule has 2 N–H and O–H groups in total. The molecule has 2 aromatic carbocycles. The first-order valence-electron chi connectivity index (χ1n) is 8.29. The van der Waals surface area contributed by atoms with Crippen molar-refractivity contribution in [3.05, 3.63) is 92.3 Å². The van der Waals surface area contributed by atoms with E-state index in [0.29, 0.717) is 0 Å². The Morgan fingerprint density at radius 1 is 0.759 bits per heavy atom. The Labute approximate surface area is 183 Å². The van der Waals surface area contributed by atoms with Crippen LogP contribution in [0.25, 0.3) is 0 Å². The monoisotopic (exact) mass is 516 g/mol. The van der Waals surface area contributed by atoms with Crippen LogP contribution >= 0.6 is 31.9 Å². The van der Waals surface area contributed by atoms with E-state index < -0.39 is 11.8 Å². The number of nitrogens with zero attached hydrogens (tertiary/aromatic N) is 2. The number of halogens is 2. The second-order valence-corrected chi connectivity index (χ2v) is 7.50. The van der Waals surface area contributed by atoms with Crippen LogP contribution in [-0.2, 0) is 0 Å². The number of hydrazone groups is 2. The molecule has 7 nitrogen and oxygen atoms in total. The first kappa shape index (κ1) is 20.7. The minimum absolute atomic E-state index is 0.0440. The van der Waals surface area contributed by atoms with Crippen LogP contribution in [0.1, 0.15) is 32.2 Å². The summed E-state index contributed by atoms with van der Waals surface area (Å²) in [5, 5.41) is 7.74. The molecule has 0 fully saturated rings. The molecule has 146 valence electrons. The van der Waals surface area contributed by atoms with Crippen LogP contribution in [0.3, 0.4) is 0 Å². The number of hydrogen-bond donors (Lipinski definition) is 2. The molecule has 0 spiro atoms. The van der Waals surface area contributed by atoms with Crippen LogP contribution in [-0.4, -0.2) is 24.2 Å². The van der Waals surface area contributed by atoms with Gasteiger partial charge in [0.15, 0.2) is 11.5 Å². The fraction of sp³-hybridized carbons (Fsp3) is 0. The Morgan fingerprint density at radius 3 is 1.62 bits per heavy atom. The Balaban J connectivity index is 1.55. The molecule has 0 unspecified atom stereocenters. The molecule has 0 aliphatic carbocycles. The van der Waals surface area contributed by atoms with Gasteiger partial charge in [-0.1, -0.05) is 56.1 Å². The summed E-state index contributed by atoms with van der Waals surface area (Å²) in [5.74, 6) is -1.24. The van der Waals surface area contributed by atoms with E-state index in [0.717, 1.165) is 20.1 Å². The third-order valence-electron chi connectivity index (χ3n) is 3.51. The van der Waals surface area contributed by atoms with Gasteiger partial charge in [0.2, 0.25) is 0 Å². The lowest BCUT2D eigenvalue weighted by Crippen LogP contribution is -2.18. The van der Waals surface area contributed by atoms with Crippen molar-refractivity contribution in [2.75, 3.05) is 0 Å². The van der Waals surface area contributed by atoms with Crippen molar-refractivity contribution >= 4 is 56.1 Å². The molecule has 2 amide bonds. The lowest BCUT2D eigenvalue weighted by atomic mass is 10.2. The van der Waals surface area contributed by atoms with Gasteiger partial charge in [0.25, 0.3) is 0 Å². The van der Waals surface area contributed by atoms with Crippen LogP contribution in [0.15, 0.2) is 84.2 Å². The zero-order valence-electron chi connectivity index (χ0n) is 14.8. The summed E-state index contributed by atoms with van der Waals surface area (Å²) in [4.78, 5) is 24.2. The van der Waals surface area contributed by atoms with Crippen molar-refractivity contribution < 1.29 is 14.0 Å². The molecule has 0 aliphatic rings. The third kappa shape index (κ3) is 6.23. The van der Waals surface area contributed by atoms with E-state index >= 15 is 0 Å². The molecule has 0 atom stereocenters. The molecule has 3 aromatic rings. The van der Waals surface area contributed by atoms with E-state index in [4.69, 9.17) is 4.42 Å². The van der Waals surface area contributed by atoms with Gasteiger partial charge in [-0.05, 0) is 47.5 Å². The summed E-state index contributed by atoms with van der Waals surface area (Å²) in [6, 6.07) is 17.6. The Hall–Kier alpha value is -3.04. The average Bonchev–Trinajstić information content (AvgIpc) is 3.18. The SMILES string of the molecule is O=C(NN=Cc1cccc(Br)c1)c1ccc(C(=O)NN=Cc2cccc(Br)c2)o1. The number of benzene rings is 2. The van der Waals surface area contributed by atoms with Crippen molar-refractivity contribution in [3.63, 3.8) is 0 Å². The number of amides is 2. The minimum Gasteiger partial charge on any atom is -0.446 e. The van der Waals surface area contributed by atoms with Gasteiger partial charge in [-0.25, -0.2) is 10.9 Å². The molecule has 0 aliphatic heterocycles. The van der Waals surface area contributed by atoms with Crippen molar-refractivity contribution in [1.82, 2.24) is 10.9 Å². The zero-order chi connectivity index (χ0) is 20.6. The van der Waals surface area contributed by atoms with Crippen molar-refractivity contribution in [2.45, 2.75) is 0 Å². The lowest BCUT2D eigenvalue weighted by molar-refractivity contribution is 0.0902. The maximum absolute atomic E-state index is 12.1. The first-order chi connectivity index (χ1) is 14.0. The predicted molar refractivity (Wildman–Crippen MR) is 117 cm³/mol. The fourth-order valence-corrected chi connectivity index (χ4v) is 3.03. The van der Waals surface area contributed by atoms with Gasteiger partial charge in [0, 0.05) is 8.95 Å². The number of nitrogens with one attached hydrogen (secondary N) is 2. The van der Waals surface area contributed by atoms with Crippen molar-refractivity contribution in [3.8, 4) is 0 Å². The normalized spacial score (nSPS) is 11.1. The topological polar surface area (TPSA) is 96.1 Å². The van der Waals surface area contributed by atoms with E-state index in [2.05, 4.69) is 52.9 Å². The summed E-state index contributed by atoms with van der Waals surface area (Å²) in [7, 11) is 0. The molecular weight excluding hydrogens is 504 g/mol. The average molecular weight is 518 g/mol. The Morgan fingerprint density at radius 2 is 1.21 bits per heavy atom. The Bertz CT molecular complexity index is 1010. The molecule has 0 radical (unpaired) electrons. The van der Waals surface area contributed by atoms with E-state index in [-0.39, 0.29) is 11.5 Å². The molecule has 0 saturated heterocycles. The van der Waals surface area contributed by atoms with Crippen molar-refractivity contribution in [1.29, 1.82) is 0 Å². The summed E-state index contributed by atoms with van der Waals surface area (Å²) in [6.07, 6.45) is 2.99. The fourth-order valence-electron chi connectivity index (χ4n) is 2.20. The number of carbonyl (C=O) groups excluding carboxylic acids is 2. The van der Waals surface area contributed by atoms with Gasteiger partial charge >= 0.3 is 11.8 Å². The maximum Gasteiger partial charge on any atom is 0.307 e. The summed E-state index contributed by atoms with van der Waals surface area (Å²) in [5.41, 5.74) is 6.31. The maximum atomic E-state index is 12.1. The second-order valence-electron chi connectivity index (χ2n) is 5.67. The van der Waals surface area contributed by atoms with E-state index in [1.165, 1.54) is 24.6 Å². The smallest absolute Gasteiger partial charge is 0.307 e. The summed E-state index contributed by atoms with van der Waals surface area (Å²) >= 11 is 6.71. The van der Waals surface area contributed by atoms with Crippen LogP contribution in [0.4, 0.5) is 0 Å². The molecule has 1 aromatic heterocycles. The predicted octanol–water partition coefficient (Wildman–Crippen LogP) is 4.33. The third-order valence-corrected chi connectivity index (χ3v) is 4.50. The molecule has 1 heterocycles. The quantitative estimate of drug-likeness (QED) is 0.376. The highest BCUT2D eigenvalue weighted by Crippen LogP contribution is 2.11. The van der Waals surface area contributed by atoms with Crippen LogP contribution in [0, 0.1) is 0 Å². The van der Waals surface area contributed by atoms with Crippen LogP contribution in [0.5, 0.6) is 0 Å². The molecule has 3 rings (SSSR count). The van der Waals surface area contributed by atoms with Gasteiger partial charge in [-0.15, -0.1) is 0 Å². The molecule has 9 heteroatoms. The van der Waals surface area contributed by atoms with Gasteiger partial charge in [-0.3, -0.25) is 9.59 Å². The summed E-state index contributed by atoms with van der Waals surface area (Å²) in [6.45, 7) is 0. The van der Waals surface area contributed by atoms with Crippen LogP contribution in [0.2, 0.25) is 0 Å². The zero-order valence-corrected chi connectivity index (χ0v) is 18.0. The first-order valence-corrected chi connectivity index (χ1v) is 9.87. The van der Waals surface area contributed by atoms with E-state index in [1.54, 1.807) is 0 Å². The van der Waals surface area contributed by atoms with Gasteiger partial charge in [0.1, 0.15) is 0 Å². The number of carbonyl (C=O) groups is 2. The number of rotatable bonds is 6. The number of furan rings is 1. The Kier molecular flexibility index (Phi) is 7.09. The van der Waals surface area contributed by atoms with Gasteiger partial charge in [-0.2, -0.15) is 10.2 Å². The standard InChI is InChI=1S/C20H14Br2N4O3/c21-15-5-1-3-13(9-15)11-23-25-19(27)17-7-8-18(29-17)20(28)26-24-12-14-4-2-6-16(22)10-14/h1-12H,(H,25,27)(H,26,28). The summed E-state index contributed by atoms with van der Waals surface area (Å²) < 4.78 is 7.06. The lowest BCUT2D eigenvalue weighted by Gasteiger charge is -1.98. The highest BCUT2D eigenvalue weighted by Gasteiger charge is 2.15. The molecular formula is C20H14Br2N4O3. The van der Waals surface area contributed by atoms with Crippen molar-refractivity contribution in [2.24, 2.45) is 10.2 Å².